The summed E-state index contributed by atoms with van der Waals surface area (Å²) in [5.74, 6) is 3.99. The Kier molecular flexibility index (Phi) is 3.29. The smallest absolute Gasteiger partial charge is 0.224 e. The third-order valence-corrected chi connectivity index (χ3v) is 6.91. The Balaban J connectivity index is 1.39. The van der Waals surface area contributed by atoms with E-state index in [4.69, 9.17) is 5.73 Å². The molecule has 0 saturated heterocycles. The largest absolute Gasteiger partial charge is 0.353 e. The van der Waals surface area contributed by atoms with Crippen LogP contribution in [0.15, 0.2) is 0 Å². The first-order valence-corrected chi connectivity index (χ1v) is 8.80. The Hall–Kier alpha value is -0.570. The van der Waals surface area contributed by atoms with Gasteiger partial charge in [-0.25, -0.2) is 0 Å². The molecule has 0 heterocycles. The second-order valence-corrected chi connectivity index (χ2v) is 7.82. The van der Waals surface area contributed by atoms with Crippen LogP contribution in [0.2, 0.25) is 0 Å². The fourth-order valence-corrected chi connectivity index (χ4v) is 6.01. The van der Waals surface area contributed by atoms with E-state index >= 15 is 0 Å². The van der Waals surface area contributed by atoms with Crippen molar-refractivity contribution in [2.75, 3.05) is 0 Å². The normalized spacial score (nSPS) is 50.1. The van der Waals surface area contributed by atoms with Crippen molar-refractivity contribution in [1.82, 2.24) is 5.32 Å². The number of fused-ring (bicyclic) bond motifs is 5. The van der Waals surface area contributed by atoms with Crippen LogP contribution < -0.4 is 11.1 Å². The van der Waals surface area contributed by atoms with Crippen LogP contribution in [0, 0.1) is 29.6 Å². The van der Waals surface area contributed by atoms with Gasteiger partial charge in [0.05, 0.1) is 5.92 Å². The summed E-state index contributed by atoms with van der Waals surface area (Å²) < 4.78 is 0. The molecule has 3 heteroatoms. The molecule has 3 N–H and O–H groups in total. The van der Waals surface area contributed by atoms with Gasteiger partial charge in [-0.2, -0.15) is 0 Å². The van der Waals surface area contributed by atoms with Crippen molar-refractivity contribution in [2.24, 2.45) is 35.3 Å². The summed E-state index contributed by atoms with van der Waals surface area (Å²) in [5, 5.41) is 3.40. The predicted molar refractivity (Wildman–Crippen MR) is 78.9 cm³/mol. The molecule has 2 bridgehead atoms. The zero-order valence-electron chi connectivity index (χ0n) is 12.4. The lowest BCUT2D eigenvalue weighted by Crippen LogP contribution is -2.49. The van der Waals surface area contributed by atoms with Crippen molar-refractivity contribution in [3.63, 3.8) is 0 Å². The molecular formula is C17H28N2O. The predicted octanol–water partition coefficient (Wildman–Crippen LogP) is 2.44. The molecule has 20 heavy (non-hydrogen) atoms. The molecule has 112 valence electrons. The first-order valence-electron chi connectivity index (χ1n) is 8.80. The van der Waals surface area contributed by atoms with E-state index in [9.17, 15) is 4.79 Å². The molecule has 0 aliphatic heterocycles. The average Bonchev–Trinajstić information content (AvgIpc) is 3.10. The van der Waals surface area contributed by atoms with E-state index in [2.05, 4.69) is 5.32 Å². The Morgan fingerprint density at radius 3 is 2.55 bits per heavy atom. The average molecular weight is 276 g/mol. The van der Waals surface area contributed by atoms with Crippen molar-refractivity contribution in [3.8, 4) is 0 Å². The molecule has 1 amide bonds. The van der Waals surface area contributed by atoms with E-state index in [1.807, 2.05) is 0 Å². The van der Waals surface area contributed by atoms with Crippen LogP contribution in [0.25, 0.3) is 0 Å². The number of hydrogen-bond acceptors (Lipinski definition) is 2. The lowest BCUT2D eigenvalue weighted by molar-refractivity contribution is -0.127. The number of nitrogens with two attached hydrogens (primary N) is 1. The molecule has 4 aliphatic rings. The van der Waals surface area contributed by atoms with Gasteiger partial charge in [0.2, 0.25) is 5.91 Å². The zero-order chi connectivity index (χ0) is 13.7. The van der Waals surface area contributed by atoms with Gasteiger partial charge in [0, 0.05) is 12.1 Å². The number of hydrogen-bond donors (Lipinski definition) is 2. The van der Waals surface area contributed by atoms with Gasteiger partial charge >= 0.3 is 0 Å². The maximum Gasteiger partial charge on any atom is 0.224 e. The molecule has 0 aromatic rings. The fraction of sp³-hybridized carbons (Fsp3) is 0.941. The molecule has 0 radical (unpaired) electrons. The van der Waals surface area contributed by atoms with Crippen molar-refractivity contribution in [2.45, 2.75) is 69.9 Å². The van der Waals surface area contributed by atoms with Crippen LogP contribution in [0.3, 0.4) is 0 Å². The molecule has 4 aliphatic carbocycles. The van der Waals surface area contributed by atoms with Gasteiger partial charge in [-0.1, -0.05) is 19.3 Å². The highest BCUT2D eigenvalue weighted by Crippen LogP contribution is 2.58. The maximum absolute atomic E-state index is 12.5. The van der Waals surface area contributed by atoms with Crippen molar-refractivity contribution < 1.29 is 4.79 Å². The standard InChI is InChI=1S/C17H28N2O/c18-15-7-2-1-4-13(15)17(20)19-16-9-10-8-14(16)12-6-3-5-11(10)12/h10-16H,1-9,18H2,(H,19,20). The fourth-order valence-electron chi connectivity index (χ4n) is 6.01. The molecule has 7 atom stereocenters. The van der Waals surface area contributed by atoms with Gasteiger partial charge in [-0.3, -0.25) is 4.79 Å². The highest BCUT2D eigenvalue weighted by atomic mass is 16.2. The van der Waals surface area contributed by atoms with E-state index in [-0.39, 0.29) is 17.9 Å². The Morgan fingerprint density at radius 2 is 1.70 bits per heavy atom. The molecule has 0 spiro atoms. The first kappa shape index (κ1) is 13.1. The molecule has 0 aromatic heterocycles. The van der Waals surface area contributed by atoms with Gasteiger partial charge in [0.15, 0.2) is 0 Å². The maximum atomic E-state index is 12.5. The molecule has 4 saturated carbocycles. The Bertz CT molecular complexity index is 396. The third kappa shape index (κ3) is 2.01. The number of nitrogens with one attached hydrogen (secondary N) is 1. The minimum atomic E-state index is 0.0854. The Morgan fingerprint density at radius 1 is 0.900 bits per heavy atom. The first-order chi connectivity index (χ1) is 9.74. The highest BCUT2D eigenvalue weighted by molar-refractivity contribution is 5.79. The molecule has 4 fully saturated rings. The van der Waals surface area contributed by atoms with Crippen LogP contribution in [-0.2, 0) is 4.79 Å². The summed E-state index contributed by atoms with van der Waals surface area (Å²) in [5.41, 5.74) is 6.15. The minimum Gasteiger partial charge on any atom is -0.353 e. The topological polar surface area (TPSA) is 55.1 Å². The number of carbonyl (C=O) groups excluding carboxylic acids is 1. The highest BCUT2D eigenvalue weighted by Gasteiger charge is 2.54. The zero-order valence-corrected chi connectivity index (χ0v) is 12.4. The van der Waals surface area contributed by atoms with Gasteiger partial charge in [-0.05, 0) is 62.2 Å². The van der Waals surface area contributed by atoms with Crippen LogP contribution in [0.4, 0.5) is 0 Å². The lowest BCUT2D eigenvalue weighted by Gasteiger charge is -2.34. The Labute approximate surface area is 122 Å². The summed E-state index contributed by atoms with van der Waals surface area (Å²) in [6.45, 7) is 0. The van der Waals surface area contributed by atoms with Gasteiger partial charge in [0.1, 0.15) is 0 Å². The molecular weight excluding hydrogens is 248 g/mol. The van der Waals surface area contributed by atoms with Crippen molar-refractivity contribution in [3.05, 3.63) is 0 Å². The summed E-state index contributed by atoms with van der Waals surface area (Å²) in [6.07, 6.45) is 11.3. The van der Waals surface area contributed by atoms with Crippen molar-refractivity contribution in [1.29, 1.82) is 0 Å². The summed E-state index contributed by atoms with van der Waals surface area (Å²) in [4.78, 5) is 12.5. The summed E-state index contributed by atoms with van der Waals surface area (Å²) in [7, 11) is 0. The molecule has 7 unspecified atom stereocenters. The number of amides is 1. The van der Waals surface area contributed by atoms with Crippen LogP contribution in [0.5, 0.6) is 0 Å². The van der Waals surface area contributed by atoms with E-state index in [0.717, 1.165) is 36.5 Å². The van der Waals surface area contributed by atoms with E-state index in [1.165, 1.54) is 44.9 Å². The van der Waals surface area contributed by atoms with Gasteiger partial charge < -0.3 is 11.1 Å². The van der Waals surface area contributed by atoms with E-state index in [1.54, 1.807) is 0 Å². The molecule has 4 rings (SSSR count). The summed E-state index contributed by atoms with van der Waals surface area (Å²) >= 11 is 0. The number of rotatable bonds is 2. The van der Waals surface area contributed by atoms with Crippen molar-refractivity contribution >= 4 is 5.91 Å². The second kappa shape index (κ2) is 5.01. The molecule has 0 aromatic carbocycles. The van der Waals surface area contributed by atoms with Gasteiger partial charge in [0.25, 0.3) is 0 Å². The van der Waals surface area contributed by atoms with Crippen LogP contribution >= 0.6 is 0 Å². The lowest BCUT2D eigenvalue weighted by atomic mass is 9.78. The SMILES string of the molecule is NC1CCCCC1C(=O)NC1CC2CC1C1CCCC21. The van der Waals surface area contributed by atoms with E-state index in [0.29, 0.717) is 6.04 Å². The van der Waals surface area contributed by atoms with Crippen LogP contribution in [-0.4, -0.2) is 18.0 Å². The second-order valence-electron chi connectivity index (χ2n) is 7.82. The van der Waals surface area contributed by atoms with Crippen LogP contribution in [0.1, 0.15) is 57.8 Å². The monoisotopic (exact) mass is 276 g/mol. The summed E-state index contributed by atoms with van der Waals surface area (Å²) in [6, 6.07) is 0.572. The molecule has 3 nitrogen and oxygen atoms in total. The van der Waals surface area contributed by atoms with Gasteiger partial charge in [-0.15, -0.1) is 0 Å². The number of carbonyl (C=O) groups is 1. The quantitative estimate of drug-likeness (QED) is 0.814. The minimum absolute atomic E-state index is 0.0854. The third-order valence-electron chi connectivity index (χ3n) is 6.91. The van der Waals surface area contributed by atoms with E-state index < -0.39 is 0 Å².